The summed E-state index contributed by atoms with van der Waals surface area (Å²) in [6.45, 7) is 1.93. The van der Waals surface area contributed by atoms with Gasteiger partial charge >= 0.3 is 0 Å². The number of benzene rings is 1. The Balaban J connectivity index is 2.30. The molecule has 1 aromatic rings. The molecular weight excluding hydrogens is 204 g/mol. The fourth-order valence-electron chi connectivity index (χ4n) is 2.08. The molecule has 2 rings (SSSR count). The SMILES string of the molecule is Cc1cc(N)ccc1C1CCC(=O)NC1=O. The van der Waals surface area contributed by atoms with E-state index in [0.29, 0.717) is 18.5 Å². The van der Waals surface area contributed by atoms with E-state index in [0.717, 1.165) is 11.1 Å². The average molecular weight is 218 g/mol. The van der Waals surface area contributed by atoms with Crippen LogP contribution in [0.2, 0.25) is 0 Å². The molecule has 1 unspecified atom stereocenters. The van der Waals surface area contributed by atoms with Gasteiger partial charge in [0.05, 0.1) is 5.92 Å². The number of carbonyl (C=O) groups excluding carboxylic acids is 2. The topological polar surface area (TPSA) is 72.2 Å². The minimum atomic E-state index is -0.224. The maximum absolute atomic E-state index is 11.7. The van der Waals surface area contributed by atoms with E-state index >= 15 is 0 Å². The quantitative estimate of drug-likeness (QED) is 0.547. The first kappa shape index (κ1) is 10.7. The Morgan fingerprint density at radius 2 is 2.12 bits per heavy atom. The molecule has 1 aromatic carbocycles. The third kappa shape index (κ3) is 1.91. The summed E-state index contributed by atoms with van der Waals surface area (Å²) in [5.41, 5.74) is 8.30. The molecule has 1 atom stereocenters. The van der Waals surface area contributed by atoms with E-state index in [2.05, 4.69) is 5.32 Å². The van der Waals surface area contributed by atoms with Crippen molar-refractivity contribution in [2.45, 2.75) is 25.7 Å². The van der Waals surface area contributed by atoms with Crippen molar-refractivity contribution in [2.24, 2.45) is 0 Å². The number of amides is 2. The van der Waals surface area contributed by atoms with E-state index in [1.54, 1.807) is 6.07 Å². The summed E-state index contributed by atoms with van der Waals surface area (Å²) in [6.07, 6.45) is 0.982. The van der Waals surface area contributed by atoms with Crippen LogP contribution >= 0.6 is 0 Å². The predicted molar refractivity (Wildman–Crippen MR) is 60.7 cm³/mol. The number of hydrogen-bond donors (Lipinski definition) is 2. The van der Waals surface area contributed by atoms with Crippen molar-refractivity contribution in [3.63, 3.8) is 0 Å². The van der Waals surface area contributed by atoms with Crippen molar-refractivity contribution < 1.29 is 9.59 Å². The molecular formula is C12H14N2O2. The van der Waals surface area contributed by atoms with Crippen LogP contribution in [0.4, 0.5) is 5.69 Å². The van der Waals surface area contributed by atoms with Gasteiger partial charge in [-0.1, -0.05) is 6.07 Å². The van der Waals surface area contributed by atoms with Crippen LogP contribution in [0.5, 0.6) is 0 Å². The fraction of sp³-hybridized carbons (Fsp3) is 0.333. The number of anilines is 1. The predicted octanol–water partition coefficient (Wildman–Crippen LogP) is 1.10. The van der Waals surface area contributed by atoms with E-state index in [1.807, 2.05) is 19.1 Å². The molecule has 1 saturated heterocycles. The van der Waals surface area contributed by atoms with Crippen LogP contribution in [-0.4, -0.2) is 11.8 Å². The molecule has 0 aromatic heterocycles. The second-order valence-electron chi connectivity index (χ2n) is 4.12. The highest BCUT2D eigenvalue weighted by Gasteiger charge is 2.28. The fourth-order valence-corrected chi connectivity index (χ4v) is 2.08. The lowest BCUT2D eigenvalue weighted by molar-refractivity contribution is -0.134. The second-order valence-corrected chi connectivity index (χ2v) is 4.12. The number of aryl methyl sites for hydroxylation is 1. The summed E-state index contributed by atoms with van der Waals surface area (Å²) in [5, 5.41) is 2.36. The van der Waals surface area contributed by atoms with Crippen molar-refractivity contribution in [1.29, 1.82) is 0 Å². The average Bonchev–Trinajstić information content (AvgIpc) is 2.19. The lowest BCUT2D eigenvalue weighted by Gasteiger charge is -2.22. The van der Waals surface area contributed by atoms with Gasteiger partial charge in [-0.15, -0.1) is 0 Å². The molecule has 3 N–H and O–H groups in total. The molecule has 0 spiro atoms. The summed E-state index contributed by atoms with van der Waals surface area (Å²) in [6, 6.07) is 5.50. The minimum absolute atomic E-state index is 0.186. The number of hydrogen-bond acceptors (Lipinski definition) is 3. The molecule has 0 aliphatic carbocycles. The summed E-state index contributed by atoms with van der Waals surface area (Å²) >= 11 is 0. The van der Waals surface area contributed by atoms with E-state index in [1.165, 1.54) is 0 Å². The van der Waals surface area contributed by atoms with Crippen LogP contribution < -0.4 is 11.1 Å². The largest absolute Gasteiger partial charge is 0.399 e. The van der Waals surface area contributed by atoms with E-state index in [4.69, 9.17) is 5.73 Å². The van der Waals surface area contributed by atoms with Crippen molar-refractivity contribution >= 4 is 17.5 Å². The molecule has 4 nitrogen and oxygen atoms in total. The first-order chi connectivity index (χ1) is 7.58. The van der Waals surface area contributed by atoms with E-state index in [9.17, 15) is 9.59 Å². The zero-order valence-electron chi connectivity index (χ0n) is 9.12. The van der Waals surface area contributed by atoms with Gasteiger partial charge in [-0.2, -0.15) is 0 Å². The first-order valence-corrected chi connectivity index (χ1v) is 5.27. The number of imide groups is 1. The van der Waals surface area contributed by atoms with Gasteiger partial charge in [0.15, 0.2) is 0 Å². The highest BCUT2D eigenvalue weighted by atomic mass is 16.2. The number of piperidine rings is 1. The van der Waals surface area contributed by atoms with Crippen molar-refractivity contribution in [3.05, 3.63) is 29.3 Å². The highest BCUT2D eigenvalue weighted by Crippen LogP contribution is 2.28. The molecule has 0 bridgehead atoms. The van der Waals surface area contributed by atoms with Gasteiger partial charge in [-0.25, -0.2) is 0 Å². The molecule has 16 heavy (non-hydrogen) atoms. The standard InChI is InChI=1S/C12H14N2O2/c1-7-6-8(13)2-3-9(7)10-4-5-11(15)14-12(10)16/h2-3,6,10H,4-5,13H2,1H3,(H,14,15,16). The second kappa shape index (κ2) is 3.96. The van der Waals surface area contributed by atoms with Gasteiger partial charge < -0.3 is 5.73 Å². The minimum Gasteiger partial charge on any atom is -0.399 e. The maximum atomic E-state index is 11.7. The molecule has 0 radical (unpaired) electrons. The molecule has 1 aliphatic heterocycles. The Morgan fingerprint density at radius 3 is 2.75 bits per heavy atom. The van der Waals surface area contributed by atoms with Crippen LogP contribution in [-0.2, 0) is 9.59 Å². The number of nitrogen functional groups attached to an aromatic ring is 1. The third-order valence-corrected chi connectivity index (χ3v) is 2.91. The number of rotatable bonds is 1. The zero-order chi connectivity index (χ0) is 11.7. The summed E-state index contributed by atoms with van der Waals surface area (Å²) in [7, 11) is 0. The molecule has 4 heteroatoms. The Bertz CT molecular complexity index is 454. The molecule has 1 aliphatic rings. The Kier molecular flexibility index (Phi) is 2.64. The summed E-state index contributed by atoms with van der Waals surface area (Å²) in [5.74, 6) is -0.614. The third-order valence-electron chi connectivity index (χ3n) is 2.91. The number of carbonyl (C=O) groups is 2. The first-order valence-electron chi connectivity index (χ1n) is 5.27. The van der Waals surface area contributed by atoms with Crippen molar-refractivity contribution in [3.8, 4) is 0 Å². The van der Waals surface area contributed by atoms with Gasteiger partial charge in [0, 0.05) is 12.1 Å². The summed E-state index contributed by atoms with van der Waals surface area (Å²) in [4.78, 5) is 22.7. The lowest BCUT2D eigenvalue weighted by Crippen LogP contribution is -2.39. The van der Waals surface area contributed by atoms with Crippen LogP contribution in [0.3, 0.4) is 0 Å². The van der Waals surface area contributed by atoms with Crippen molar-refractivity contribution in [1.82, 2.24) is 5.32 Å². The van der Waals surface area contributed by atoms with Crippen LogP contribution in [0.1, 0.15) is 29.9 Å². The lowest BCUT2D eigenvalue weighted by atomic mass is 9.88. The zero-order valence-corrected chi connectivity index (χ0v) is 9.12. The highest BCUT2D eigenvalue weighted by molar-refractivity contribution is 6.01. The van der Waals surface area contributed by atoms with Gasteiger partial charge in [-0.05, 0) is 36.6 Å². The normalized spacial score (nSPS) is 20.7. The molecule has 1 heterocycles. The number of nitrogens with two attached hydrogens (primary N) is 1. The van der Waals surface area contributed by atoms with E-state index in [-0.39, 0.29) is 17.7 Å². The Morgan fingerprint density at radius 1 is 1.38 bits per heavy atom. The van der Waals surface area contributed by atoms with Crippen molar-refractivity contribution in [2.75, 3.05) is 5.73 Å². The van der Waals surface area contributed by atoms with Crippen LogP contribution in [0, 0.1) is 6.92 Å². The van der Waals surface area contributed by atoms with Gasteiger partial charge in [0.2, 0.25) is 11.8 Å². The van der Waals surface area contributed by atoms with Crippen LogP contribution in [0.25, 0.3) is 0 Å². The Hall–Kier alpha value is -1.84. The molecule has 2 amide bonds. The monoisotopic (exact) mass is 218 g/mol. The van der Waals surface area contributed by atoms with Gasteiger partial charge in [0.1, 0.15) is 0 Å². The van der Waals surface area contributed by atoms with E-state index < -0.39 is 0 Å². The maximum Gasteiger partial charge on any atom is 0.234 e. The molecule has 84 valence electrons. The van der Waals surface area contributed by atoms with Gasteiger partial charge in [-0.3, -0.25) is 14.9 Å². The number of nitrogens with one attached hydrogen (secondary N) is 1. The molecule has 0 saturated carbocycles. The summed E-state index contributed by atoms with van der Waals surface area (Å²) < 4.78 is 0. The van der Waals surface area contributed by atoms with Crippen LogP contribution in [0.15, 0.2) is 18.2 Å². The Labute approximate surface area is 93.8 Å². The molecule has 1 fully saturated rings. The smallest absolute Gasteiger partial charge is 0.234 e. The van der Waals surface area contributed by atoms with Gasteiger partial charge in [0.25, 0.3) is 0 Å².